The van der Waals surface area contributed by atoms with E-state index in [0.29, 0.717) is 11.1 Å². The minimum atomic E-state index is -0.956. The Kier molecular flexibility index (Phi) is 4.45. The lowest BCUT2D eigenvalue weighted by atomic mass is 9.67. The molecule has 0 fully saturated rings. The molecule has 0 saturated heterocycles. The summed E-state index contributed by atoms with van der Waals surface area (Å²) in [5.41, 5.74) is 1.17. The van der Waals surface area contributed by atoms with E-state index in [-0.39, 0.29) is 23.0 Å². The van der Waals surface area contributed by atoms with Crippen molar-refractivity contribution in [3.05, 3.63) is 108 Å². The molecular weight excluding hydrogens is 400 g/mol. The fraction of sp³-hybridized carbons (Fsp3) is 0.0714. The highest BCUT2D eigenvalue weighted by molar-refractivity contribution is 5.95. The van der Waals surface area contributed by atoms with Gasteiger partial charge in [0.1, 0.15) is 23.0 Å². The normalized spacial score (nSPS) is 11.8. The van der Waals surface area contributed by atoms with Gasteiger partial charge in [0, 0.05) is 11.1 Å². The summed E-state index contributed by atoms with van der Waals surface area (Å²) in [6, 6.07) is 26.6. The minimum Gasteiger partial charge on any atom is -0.508 e. The molecule has 0 radical (unpaired) electrons. The third-order valence-electron chi connectivity index (χ3n) is 6.31. The highest BCUT2D eigenvalue weighted by atomic mass is 16.3. The van der Waals surface area contributed by atoms with Crippen LogP contribution >= 0.6 is 0 Å². The van der Waals surface area contributed by atoms with Gasteiger partial charge in [0.15, 0.2) is 0 Å². The Balaban J connectivity index is 1.98. The number of rotatable bonds is 3. The van der Waals surface area contributed by atoms with Crippen LogP contribution in [-0.4, -0.2) is 20.4 Å². The number of benzene rings is 5. The Morgan fingerprint density at radius 1 is 0.531 bits per heavy atom. The number of phenols is 4. The van der Waals surface area contributed by atoms with Crippen LogP contribution in [0.1, 0.15) is 23.6 Å². The van der Waals surface area contributed by atoms with Crippen LogP contribution in [0.5, 0.6) is 23.0 Å². The van der Waals surface area contributed by atoms with Gasteiger partial charge < -0.3 is 20.4 Å². The molecule has 4 nitrogen and oxygen atoms in total. The van der Waals surface area contributed by atoms with Crippen LogP contribution in [0.3, 0.4) is 0 Å². The maximum Gasteiger partial charge on any atom is 0.120 e. The van der Waals surface area contributed by atoms with Crippen LogP contribution < -0.4 is 0 Å². The minimum absolute atomic E-state index is 0.0877. The van der Waals surface area contributed by atoms with Gasteiger partial charge in [0.05, 0.1) is 5.41 Å². The number of phenolic OH excluding ortho intramolecular Hbond substituents is 4. The monoisotopic (exact) mass is 422 g/mol. The first-order valence-electron chi connectivity index (χ1n) is 10.4. The lowest BCUT2D eigenvalue weighted by Gasteiger charge is -2.35. The van der Waals surface area contributed by atoms with Crippen molar-refractivity contribution in [1.82, 2.24) is 0 Å². The Labute approximate surface area is 185 Å². The third kappa shape index (κ3) is 2.92. The highest BCUT2D eigenvalue weighted by Crippen LogP contribution is 2.51. The molecule has 0 atom stereocenters. The molecule has 0 aliphatic rings. The summed E-state index contributed by atoms with van der Waals surface area (Å²) in [6.07, 6.45) is 0. The molecule has 4 N–H and O–H groups in total. The van der Waals surface area contributed by atoms with Crippen LogP contribution in [0.4, 0.5) is 0 Å². The van der Waals surface area contributed by atoms with Crippen LogP contribution in [0.15, 0.2) is 91.0 Å². The fourth-order valence-electron chi connectivity index (χ4n) is 4.85. The lowest BCUT2D eigenvalue weighted by molar-refractivity contribution is 0.445. The summed E-state index contributed by atoms with van der Waals surface area (Å²) in [5, 5.41) is 45.4. The molecule has 0 amide bonds. The van der Waals surface area contributed by atoms with Crippen molar-refractivity contribution >= 4 is 21.5 Å². The molecule has 0 unspecified atom stereocenters. The van der Waals surface area contributed by atoms with E-state index in [1.165, 1.54) is 0 Å². The standard InChI is InChI=1S/C28H22O4/c1-28(19-5-3-2-4-6-19,26-22-11-9-20(29)15-17(22)7-13-24(26)31)27-23-12-10-21(30)16-18(23)8-14-25(27)32/h2-16,29-32H,1H3. The Morgan fingerprint density at radius 2 is 1.00 bits per heavy atom. The molecule has 32 heavy (non-hydrogen) atoms. The van der Waals surface area contributed by atoms with E-state index < -0.39 is 5.41 Å². The van der Waals surface area contributed by atoms with Gasteiger partial charge in [-0.1, -0.05) is 54.6 Å². The summed E-state index contributed by atoms with van der Waals surface area (Å²) in [5.74, 6) is 0.451. The molecule has 0 aromatic heterocycles. The Morgan fingerprint density at radius 3 is 1.47 bits per heavy atom. The average Bonchev–Trinajstić information content (AvgIpc) is 2.79. The van der Waals surface area contributed by atoms with Crippen LogP contribution in [-0.2, 0) is 5.41 Å². The zero-order valence-corrected chi connectivity index (χ0v) is 17.4. The van der Waals surface area contributed by atoms with E-state index in [4.69, 9.17) is 0 Å². The maximum absolute atomic E-state index is 11.2. The first-order valence-corrected chi connectivity index (χ1v) is 10.4. The number of aromatic hydroxyl groups is 4. The Bertz CT molecular complexity index is 1380. The van der Waals surface area contributed by atoms with Crippen molar-refractivity contribution in [2.45, 2.75) is 12.3 Å². The number of hydrogen-bond acceptors (Lipinski definition) is 4. The second-order valence-electron chi connectivity index (χ2n) is 8.22. The number of hydrogen-bond donors (Lipinski definition) is 4. The average molecular weight is 422 g/mol. The first kappa shape index (κ1) is 19.8. The van der Waals surface area contributed by atoms with Gasteiger partial charge in [-0.05, 0) is 70.4 Å². The molecule has 158 valence electrons. The van der Waals surface area contributed by atoms with E-state index in [2.05, 4.69) is 0 Å². The molecule has 5 rings (SSSR count). The first-order chi connectivity index (χ1) is 15.4. The van der Waals surface area contributed by atoms with Gasteiger partial charge in [-0.25, -0.2) is 0 Å². The maximum atomic E-state index is 11.2. The smallest absolute Gasteiger partial charge is 0.120 e. The second-order valence-corrected chi connectivity index (χ2v) is 8.22. The SMILES string of the molecule is CC(c1ccccc1)(c1c(O)ccc2cc(O)ccc12)c1c(O)ccc2cc(O)ccc12. The van der Waals surface area contributed by atoms with Gasteiger partial charge in [-0.15, -0.1) is 0 Å². The van der Waals surface area contributed by atoms with Crippen molar-refractivity contribution in [3.63, 3.8) is 0 Å². The van der Waals surface area contributed by atoms with Crippen molar-refractivity contribution in [1.29, 1.82) is 0 Å². The predicted molar refractivity (Wildman–Crippen MR) is 127 cm³/mol. The largest absolute Gasteiger partial charge is 0.508 e. The van der Waals surface area contributed by atoms with Crippen molar-refractivity contribution in [2.24, 2.45) is 0 Å². The van der Waals surface area contributed by atoms with E-state index in [0.717, 1.165) is 27.1 Å². The van der Waals surface area contributed by atoms with E-state index in [1.807, 2.05) is 37.3 Å². The fourth-order valence-corrected chi connectivity index (χ4v) is 4.85. The summed E-state index contributed by atoms with van der Waals surface area (Å²) in [4.78, 5) is 0. The Hall–Kier alpha value is -4.18. The quantitative estimate of drug-likeness (QED) is 0.262. The molecule has 0 heterocycles. The summed E-state index contributed by atoms with van der Waals surface area (Å²) in [6.45, 7) is 1.98. The molecule has 0 aliphatic carbocycles. The summed E-state index contributed by atoms with van der Waals surface area (Å²) >= 11 is 0. The topological polar surface area (TPSA) is 80.9 Å². The lowest BCUT2D eigenvalue weighted by Crippen LogP contribution is -2.26. The van der Waals surface area contributed by atoms with Crippen molar-refractivity contribution in [2.75, 3.05) is 0 Å². The molecule has 0 aliphatic heterocycles. The summed E-state index contributed by atoms with van der Waals surface area (Å²) < 4.78 is 0. The second kappa shape index (κ2) is 7.20. The molecule has 5 aromatic carbocycles. The van der Waals surface area contributed by atoms with Gasteiger partial charge in [-0.2, -0.15) is 0 Å². The van der Waals surface area contributed by atoms with Crippen molar-refractivity contribution < 1.29 is 20.4 Å². The van der Waals surface area contributed by atoms with Crippen LogP contribution in [0.25, 0.3) is 21.5 Å². The molecule has 0 bridgehead atoms. The third-order valence-corrected chi connectivity index (χ3v) is 6.31. The molecule has 0 saturated carbocycles. The predicted octanol–water partition coefficient (Wildman–Crippen LogP) is 6.17. The molecule has 5 aromatic rings. The molecule has 4 heteroatoms. The van der Waals surface area contributed by atoms with Crippen LogP contribution in [0, 0.1) is 0 Å². The van der Waals surface area contributed by atoms with E-state index in [1.54, 1.807) is 60.7 Å². The molecule has 0 spiro atoms. The van der Waals surface area contributed by atoms with Crippen molar-refractivity contribution in [3.8, 4) is 23.0 Å². The number of fused-ring (bicyclic) bond motifs is 2. The summed E-state index contributed by atoms with van der Waals surface area (Å²) in [7, 11) is 0. The van der Waals surface area contributed by atoms with Gasteiger partial charge in [-0.3, -0.25) is 0 Å². The van der Waals surface area contributed by atoms with E-state index >= 15 is 0 Å². The van der Waals surface area contributed by atoms with Crippen LogP contribution in [0.2, 0.25) is 0 Å². The van der Waals surface area contributed by atoms with Gasteiger partial charge in [0.2, 0.25) is 0 Å². The molecular formula is C28H22O4. The zero-order chi connectivity index (χ0) is 22.5. The zero-order valence-electron chi connectivity index (χ0n) is 17.4. The highest BCUT2D eigenvalue weighted by Gasteiger charge is 2.38. The van der Waals surface area contributed by atoms with E-state index in [9.17, 15) is 20.4 Å². The van der Waals surface area contributed by atoms with Gasteiger partial charge >= 0.3 is 0 Å². The van der Waals surface area contributed by atoms with Gasteiger partial charge in [0.25, 0.3) is 0 Å².